The molecule has 0 radical (unpaired) electrons. The van der Waals surface area contributed by atoms with Crippen LogP contribution in [0.3, 0.4) is 0 Å². The van der Waals surface area contributed by atoms with Crippen LogP contribution in [-0.2, 0) is 25.5 Å². The number of carbonyl (C=O) groups is 3. The van der Waals surface area contributed by atoms with Gasteiger partial charge in [0.15, 0.2) is 5.78 Å². The van der Waals surface area contributed by atoms with Gasteiger partial charge in [0.2, 0.25) is 5.91 Å². The molecule has 0 unspecified atom stereocenters. The smallest absolute Gasteiger partial charge is 0.329 e. The van der Waals surface area contributed by atoms with Crippen LogP contribution < -0.4 is 5.32 Å². The zero-order valence-corrected chi connectivity index (χ0v) is 14.7. The fourth-order valence-corrected chi connectivity index (χ4v) is 2.60. The van der Waals surface area contributed by atoms with Crippen LogP contribution in [-0.4, -0.2) is 30.3 Å². The Bertz CT molecular complexity index is 777. The van der Waals surface area contributed by atoms with Gasteiger partial charge in [-0.25, -0.2) is 4.79 Å². The van der Waals surface area contributed by atoms with Gasteiger partial charge in [-0.1, -0.05) is 56.3 Å². The van der Waals surface area contributed by atoms with Crippen LogP contribution in [0.15, 0.2) is 42.5 Å². The molecule has 0 fully saturated rings. The third-order valence-electron chi connectivity index (χ3n) is 3.89. The van der Waals surface area contributed by atoms with Gasteiger partial charge in [0, 0.05) is 0 Å². The first-order valence-corrected chi connectivity index (χ1v) is 8.30. The van der Waals surface area contributed by atoms with Crippen LogP contribution in [0.5, 0.6) is 0 Å². The van der Waals surface area contributed by atoms with Crippen LogP contribution in [0.2, 0.25) is 0 Å². The highest BCUT2D eigenvalue weighted by Crippen LogP contribution is 2.19. The lowest BCUT2D eigenvalue weighted by atomic mass is 10.0. The third kappa shape index (κ3) is 5.14. The van der Waals surface area contributed by atoms with E-state index in [0.717, 1.165) is 16.3 Å². The van der Waals surface area contributed by atoms with Gasteiger partial charge in [-0.05, 0) is 29.2 Å². The van der Waals surface area contributed by atoms with E-state index in [1.807, 2.05) is 56.3 Å². The van der Waals surface area contributed by atoms with Crippen LogP contribution in [0, 0.1) is 5.92 Å². The second-order valence-corrected chi connectivity index (χ2v) is 6.41. The van der Waals surface area contributed by atoms with E-state index < -0.39 is 12.0 Å². The van der Waals surface area contributed by atoms with E-state index in [1.54, 1.807) is 0 Å². The molecule has 2 aromatic rings. The Hall–Kier alpha value is -2.69. The van der Waals surface area contributed by atoms with E-state index in [2.05, 4.69) is 5.32 Å². The van der Waals surface area contributed by atoms with Gasteiger partial charge in [-0.15, -0.1) is 0 Å². The van der Waals surface area contributed by atoms with Crippen LogP contribution in [0.1, 0.15) is 26.3 Å². The van der Waals surface area contributed by atoms with E-state index in [9.17, 15) is 14.4 Å². The first-order valence-electron chi connectivity index (χ1n) is 8.30. The zero-order valence-electron chi connectivity index (χ0n) is 14.7. The van der Waals surface area contributed by atoms with Crippen molar-refractivity contribution in [2.24, 2.45) is 5.92 Å². The predicted octanol–water partition coefficient (Wildman–Crippen LogP) is 2.66. The molecule has 2 aromatic carbocycles. The van der Waals surface area contributed by atoms with Crippen LogP contribution in [0.25, 0.3) is 10.8 Å². The largest absolute Gasteiger partial charge is 0.456 e. The molecule has 0 spiro atoms. The number of fused-ring (bicyclic) bond motifs is 1. The summed E-state index contributed by atoms with van der Waals surface area (Å²) in [7, 11) is 0. The Morgan fingerprint density at radius 1 is 1.04 bits per heavy atom. The van der Waals surface area contributed by atoms with Gasteiger partial charge in [-0.3, -0.25) is 9.59 Å². The number of nitrogens with one attached hydrogen (secondary N) is 1. The maximum atomic E-state index is 12.4. The SMILES string of the molecule is CC(=O)COC(=O)[C@@H](NC(=O)Cc1cccc2ccccc12)C(C)C. The molecule has 0 aromatic heterocycles. The molecule has 0 saturated heterocycles. The number of carbonyl (C=O) groups excluding carboxylic acids is 3. The molecule has 132 valence electrons. The van der Waals surface area contributed by atoms with Crippen molar-refractivity contribution >= 4 is 28.4 Å². The number of esters is 1. The van der Waals surface area contributed by atoms with Crippen molar-refractivity contribution in [3.8, 4) is 0 Å². The summed E-state index contributed by atoms with van der Waals surface area (Å²) in [5.41, 5.74) is 0.898. The molecule has 0 saturated carbocycles. The Morgan fingerprint density at radius 3 is 2.40 bits per heavy atom. The van der Waals surface area contributed by atoms with Crippen molar-refractivity contribution in [2.75, 3.05) is 6.61 Å². The number of ether oxygens (including phenoxy) is 1. The Morgan fingerprint density at radius 2 is 1.72 bits per heavy atom. The lowest BCUT2D eigenvalue weighted by molar-refractivity contribution is -0.152. The highest BCUT2D eigenvalue weighted by atomic mass is 16.5. The second-order valence-electron chi connectivity index (χ2n) is 6.41. The minimum atomic E-state index is -0.776. The van der Waals surface area contributed by atoms with Crippen LogP contribution in [0.4, 0.5) is 0 Å². The molecule has 0 heterocycles. The van der Waals surface area contributed by atoms with Gasteiger partial charge >= 0.3 is 5.97 Å². The summed E-state index contributed by atoms with van der Waals surface area (Å²) in [5, 5.41) is 4.81. The molecule has 0 bridgehead atoms. The Kier molecular flexibility index (Phi) is 6.28. The van der Waals surface area contributed by atoms with Crippen molar-refractivity contribution in [3.63, 3.8) is 0 Å². The van der Waals surface area contributed by atoms with Crippen molar-refractivity contribution < 1.29 is 19.1 Å². The highest BCUT2D eigenvalue weighted by Gasteiger charge is 2.26. The minimum Gasteiger partial charge on any atom is -0.456 e. The van der Waals surface area contributed by atoms with Gasteiger partial charge in [0.1, 0.15) is 12.6 Å². The first-order chi connectivity index (χ1) is 11.9. The van der Waals surface area contributed by atoms with E-state index in [4.69, 9.17) is 4.74 Å². The second kappa shape index (κ2) is 8.42. The maximum Gasteiger partial charge on any atom is 0.329 e. The summed E-state index contributed by atoms with van der Waals surface area (Å²) in [4.78, 5) is 35.5. The van der Waals surface area contributed by atoms with Crippen LogP contribution >= 0.6 is 0 Å². The molecule has 25 heavy (non-hydrogen) atoms. The zero-order chi connectivity index (χ0) is 18.4. The number of hydrogen-bond donors (Lipinski definition) is 1. The van der Waals surface area contributed by atoms with E-state index >= 15 is 0 Å². The maximum absolute atomic E-state index is 12.4. The summed E-state index contributed by atoms with van der Waals surface area (Å²) in [6, 6.07) is 12.9. The lowest BCUT2D eigenvalue weighted by Crippen LogP contribution is -2.46. The third-order valence-corrected chi connectivity index (χ3v) is 3.89. The molecule has 5 heteroatoms. The number of rotatable bonds is 7. The normalized spacial score (nSPS) is 12.0. The summed E-state index contributed by atoms with van der Waals surface area (Å²) >= 11 is 0. The van der Waals surface area contributed by atoms with E-state index in [-0.39, 0.29) is 30.6 Å². The lowest BCUT2D eigenvalue weighted by Gasteiger charge is -2.20. The summed E-state index contributed by atoms with van der Waals surface area (Å²) in [5.74, 6) is -1.22. The summed E-state index contributed by atoms with van der Waals surface area (Å²) in [6.07, 6.45) is 0.171. The van der Waals surface area contributed by atoms with Crippen molar-refractivity contribution in [2.45, 2.75) is 33.2 Å². The topological polar surface area (TPSA) is 72.5 Å². The van der Waals surface area contributed by atoms with Crippen molar-refractivity contribution in [1.82, 2.24) is 5.32 Å². The fraction of sp³-hybridized carbons (Fsp3) is 0.350. The quantitative estimate of drug-likeness (QED) is 0.786. The average Bonchev–Trinajstić information content (AvgIpc) is 2.57. The molecule has 1 amide bonds. The molecule has 0 aliphatic heterocycles. The number of amides is 1. The molecule has 0 aliphatic rings. The molecule has 1 atom stereocenters. The molecule has 1 N–H and O–H groups in total. The predicted molar refractivity (Wildman–Crippen MR) is 96.1 cm³/mol. The van der Waals surface area contributed by atoms with E-state index in [1.165, 1.54) is 6.92 Å². The van der Waals surface area contributed by atoms with E-state index in [0.29, 0.717) is 0 Å². The number of hydrogen-bond acceptors (Lipinski definition) is 4. The molecule has 5 nitrogen and oxygen atoms in total. The first kappa shape index (κ1) is 18.6. The van der Waals surface area contributed by atoms with Crippen molar-refractivity contribution in [1.29, 1.82) is 0 Å². The fourth-order valence-electron chi connectivity index (χ4n) is 2.60. The van der Waals surface area contributed by atoms with Gasteiger partial charge in [-0.2, -0.15) is 0 Å². The monoisotopic (exact) mass is 341 g/mol. The Balaban J connectivity index is 2.08. The molecule has 2 rings (SSSR count). The minimum absolute atomic E-state index is 0.143. The number of benzene rings is 2. The van der Waals surface area contributed by atoms with Gasteiger partial charge in [0.25, 0.3) is 0 Å². The number of Topliss-reactive ketones (excluding diaryl/α,β-unsaturated/α-hetero) is 1. The van der Waals surface area contributed by atoms with Gasteiger partial charge in [0.05, 0.1) is 6.42 Å². The standard InChI is InChI=1S/C20H23NO4/c1-13(2)19(20(24)25-12-14(3)22)21-18(23)11-16-9-6-8-15-7-4-5-10-17(15)16/h4-10,13,19H,11-12H2,1-3H3,(H,21,23)/t19-/m0/s1. The summed E-state index contributed by atoms with van der Waals surface area (Å²) in [6.45, 7) is 4.70. The molecular weight excluding hydrogens is 318 g/mol. The Labute approximate surface area is 147 Å². The molecular formula is C20H23NO4. The number of ketones is 1. The summed E-state index contributed by atoms with van der Waals surface area (Å²) < 4.78 is 4.95. The highest BCUT2D eigenvalue weighted by molar-refractivity contribution is 5.92. The average molecular weight is 341 g/mol. The van der Waals surface area contributed by atoms with Gasteiger partial charge < -0.3 is 10.1 Å². The molecule has 0 aliphatic carbocycles. The van der Waals surface area contributed by atoms with Crippen molar-refractivity contribution in [3.05, 3.63) is 48.0 Å².